The summed E-state index contributed by atoms with van der Waals surface area (Å²) < 4.78 is 7.50. The topological polar surface area (TPSA) is 117 Å². The molecular formula is C28H20BrCl2N7O3. The Morgan fingerprint density at radius 2 is 1.90 bits per heavy atom. The second-order valence-electron chi connectivity index (χ2n) is 9.13. The van der Waals surface area contributed by atoms with Crippen LogP contribution in [0.2, 0.25) is 5.02 Å². The number of rotatable bonds is 7. The first-order valence-corrected chi connectivity index (χ1v) is 13.9. The molecule has 3 N–H and O–H groups in total. The zero-order chi connectivity index (χ0) is 28.5. The quantitative estimate of drug-likeness (QED) is 0.190. The molecule has 6 rings (SSSR count). The van der Waals surface area contributed by atoms with Crippen molar-refractivity contribution in [1.29, 1.82) is 0 Å². The molecule has 1 aliphatic heterocycles. The minimum absolute atomic E-state index is 0.240. The summed E-state index contributed by atoms with van der Waals surface area (Å²) in [5, 5.41) is 9.98. The van der Waals surface area contributed by atoms with E-state index >= 15 is 0 Å². The summed E-state index contributed by atoms with van der Waals surface area (Å²) in [5.74, 6) is -0.186. The van der Waals surface area contributed by atoms with Crippen LogP contribution in [0, 0.1) is 0 Å². The number of aromatic nitrogens is 3. The molecule has 0 fully saturated rings. The minimum Gasteiger partial charge on any atom is -0.354 e. The van der Waals surface area contributed by atoms with Gasteiger partial charge in [-0.2, -0.15) is 0 Å². The maximum absolute atomic E-state index is 13.7. The number of amides is 1. The molecule has 1 atom stereocenters. The van der Waals surface area contributed by atoms with Crippen LogP contribution in [-0.2, 0) is 11.2 Å². The van der Waals surface area contributed by atoms with E-state index in [0.717, 1.165) is 10.0 Å². The molecule has 206 valence electrons. The number of anilines is 2. The van der Waals surface area contributed by atoms with Crippen LogP contribution < -0.4 is 26.8 Å². The van der Waals surface area contributed by atoms with Crippen molar-refractivity contribution in [3.8, 4) is 11.3 Å². The van der Waals surface area contributed by atoms with Crippen LogP contribution in [0.4, 0.5) is 11.5 Å². The summed E-state index contributed by atoms with van der Waals surface area (Å²) in [6, 6.07) is 20.4. The summed E-state index contributed by atoms with van der Waals surface area (Å²) in [6.07, 6.45) is 3.25. The molecule has 3 aromatic carbocycles. The monoisotopic (exact) mass is 651 g/mol. The number of carbonyl (C=O) groups excluding carboxylic acids is 1. The number of nitrogens with one attached hydrogen (secondary N) is 3. The fraction of sp³-hybridized carbons (Fsp3) is 0.0714. The Labute approximate surface area is 251 Å². The van der Waals surface area contributed by atoms with Crippen LogP contribution in [0.3, 0.4) is 0 Å². The van der Waals surface area contributed by atoms with Crippen LogP contribution in [0.15, 0.2) is 104 Å². The average Bonchev–Trinajstić information content (AvgIpc) is 3.58. The van der Waals surface area contributed by atoms with Gasteiger partial charge in [0.05, 0.1) is 29.3 Å². The highest BCUT2D eigenvalue weighted by Gasteiger charge is 2.25. The lowest BCUT2D eigenvalue weighted by Gasteiger charge is -2.21. The predicted octanol–water partition coefficient (Wildman–Crippen LogP) is 5.76. The zero-order valence-electron chi connectivity index (χ0n) is 21.0. The number of benzene rings is 3. The third-order valence-corrected chi connectivity index (χ3v) is 7.37. The normalized spacial score (nSPS) is 13.6. The van der Waals surface area contributed by atoms with Crippen molar-refractivity contribution in [3.05, 3.63) is 116 Å². The predicted molar refractivity (Wildman–Crippen MR) is 161 cm³/mol. The third-order valence-electron chi connectivity index (χ3n) is 6.45. The van der Waals surface area contributed by atoms with E-state index in [1.807, 2.05) is 36.4 Å². The Morgan fingerprint density at radius 3 is 2.66 bits per heavy atom. The molecule has 3 heterocycles. The number of halogens is 3. The molecule has 13 heteroatoms. The molecule has 41 heavy (non-hydrogen) atoms. The van der Waals surface area contributed by atoms with Crippen molar-refractivity contribution < 1.29 is 9.32 Å². The average molecular weight is 653 g/mol. The van der Waals surface area contributed by atoms with Crippen molar-refractivity contribution >= 4 is 67.5 Å². The lowest BCUT2D eigenvalue weighted by molar-refractivity contribution is -0.119. The molecule has 0 bridgehead atoms. The van der Waals surface area contributed by atoms with E-state index in [1.54, 1.807) is 41.5 Å². The van der Waals surface area contributed by atoms with Crippen molar-refractivity contribution in [2.75, 3.05) is 10.3 Å². The molecule has 0 saturated carbocycles. The molecule has 1 amide bonds. The minimum atomic E-state index is -0.932. The highest BCUT2D eigenvalue weighted by atomic mass is 79.9. The van der Waals surface area contributed by atoms with Crippen molar-refractivity contribution in [1.82, 2.24) is 25.7 Å². The molecule has 0 aliphatic carbocycles. The standard InChI is InChI=1S/C28H20BrCl2N7O3/c29-17-6-8-19-24(11-17)41-35-27(19)33-28(40)23(10-16-4-2-1-3-5-16)37-15-32-21(13-26(37)39)20-12-18(30)7-9-22(20)38-14-25(31)34-36-38/h1-9,11-15,23,34,36H,10H2,(H,33,35,40)/t23-/m0/s1. The Bertz CT molecular complexity index is 1860. The third kappa shape index (κ3) is 5.70. The van der Waals surface area contributed by atoms with Gasteiger partial charge in [-0.1, -0.05) is 74.6 Å². The Kier molecular flexibility index (Phi) is 7.50. The second kappa shape index (κ2) is 11.4. The lowest BCUT2D eigenvalue weighted by Crippen LogP contribution is -2.36. The number of hydrogen-bond acceptors (Lipinski definition) is 8. The lowest BCUT2D eigenvalue weighted by atomic mass is 10.0. The number of fused-ring (bicyclic) bond motifs is 1. The first-order chi connectivity index (χ1) is 19.9. The number of nitrogens with zero attached hydrogens (tertiary/aromatic N) is 4. The fourth-order valence-electron chi connectivity index (χ4n) is 4.49. The molecule has 0 spiro atoms. The maximum Gasteiger partial charge on any atom is 0.254 e. The maximum atomic E-state index is 13.7. The van der Waals surface area contributed by atoms with E-state index in [-0.39, 0.29) is 12.2 Å². The highest BCUT2D eigenvalue weighted by molar-refractivity contribution is 9.10. The molecule has 0 unspecified atom stereocenters. The number of hydrogen-bond donors (Lipinski definition) is 3. The second-order valence-corrected chi connectivity index (χ2v) is 10.9. The van der Waals surface area contributed by atoms with Gasteiger partial charge in [-0.15, -0.1) is 5.53 Å². The molecule has 1 aliphatic rings. The van der Waals surface area contributed by atoms with Gasteiger partial charge in [-0.3, -0.25) is 24.6 Å². The van der Waals surface area contributed by atoms with Crippen molar-refractivity contribution in [2.45, 2.75) is 12.5 Å². The van der Waals surface area contributed by atoms with Gasteiger partial charge in [0.25, 0.3) is 5.56 Å². The van der Waals surface area contributed by atoms with Gasteiger partial charge < -0.3 is 9.84 Å². The van der Waals surface area contributed by atoms with Crippen LogP contribution in [0.5, 0.6) is 0 Å². The molecule has 0 radical (unpaired) electrons. The van der Waals surface area contributed by atoms with Gasteiger partial charge in [-0.05, 0) is 42.0 Å². The van der Waals surface area contributed by atoms with Gasteiger partial charge >= 0.3 is 0 Å². The molecule has 2 aromatic heterocycles. The van der Waals surface area contributed by atoms with E-state index in [0.29, 0.717) is 38.1 Å². The van der Waals surface area contributed by atoms with Crippen LogP contribution in [0.25, 0.3) is 22.2 Å². The molecular weight excluding hydrogens is 633 g/mol. The van der Waals surface area contributed by atoms with Gasteiger partial charge in [0.2, 0.25) is 5.91 Å². The van der Waals surface area contributed by atoms with Crippen LogP contribution in [-0.4, -0.2) is 20.6 Å². The Morgan fingerprint density at radius 1 is 1.07 bits per heavy atom. The summed E-state index contributed by atoms with van der Waals surface area (Å²) in [6.45, 7) is 0. The molecule has 0 saturated heterocycles. The van der Waals surface area contributed by atoms with E-state index < -0.39 is 17.5 Å². The SMILES string of the molecule is O=C(Nc1noc2cc(Br)ccc12)[C@H](Cc1ccccc1)n1cnc(-c2cc(Cl)ccc2N2C=C(Cl)NN2)cc1=O. The number of carbonyl (C=O) groups is 1. The van der Waals surface area contributed by atoms with Crippen LogP contribution in [0.1, 0.15) is 11.6 Å². The smallest absolute Gasteiger partial charge is 0.254 e. The summed E-state index contributed by atoms with van der Waals surface area (Å²) in [4.78, 5) is 31.8. The summed E-state index contributed by atoms with van der Waals surface area (Å²) in [5.41, 5.74) is 8.26. The zero-order valence-corrected chi connectivity index (χ0v) is 24.1. The first kappa shape index (κ1) is 27.0. The van der Waals surface area contributed by atoms with Crippen LogP contribution >= 0.6 is 39.1 Å². The molecule has 10 nitrogen and oxygen atoms in total. The van der Waals surface area contributed by atoms with E-state index in [4.69, 9.17) is 27.7 Å². The summed E-state index contributed by atoms with van der Waals surface area (Å²) in [7, 11) is 0. The highest BCUT2D eigenvalue weighted by Crippen LogP contribution is 2.33. The number of hydrazine groups is 2. The molecule has 5 aromatic rings. The largest absolute Gasteiger partial charge is 0.354 e. The van der Waals surface area contributed by atoms with Gasteiger partial charge in [0, 0.05) is 27.5 Å². The van der Waals surface area contributed by atoms with E-state index in [1.165, 1.54) is 17.0 Å². The van der Waals surface area contributed by atoms with Gasteiger partial charge in [0.1, 0.15) is 11.2 Å². The first-order valence-electron chi connectivity index (χ1n) is 12.3. The van der Waals surface area contributed by atoms with Gasteiger partial charge in [0.15, 0.2) is 11.4 Å². The van der Waals surface area contributed by atoms with Crippen molar-refractivity contribution in [3.63, 3.8) is 0 Å². The van der Waals surface area contributed by atoms with Gasteiger partial charge in [-0.25, -0.2) is 4.98 Å². The Hall–Kier alpha value is -4.16. The van der Waals surface area contributed by atoms with E-state index in [2.05, 4.69) is 42.3 Å². The Balaban J connectivity index is 1.37. The van der Waals surface area contributed by atoms with E-state index in [9.17, 15) is 9.59 Å². The fourth-order valence-corrected chi connectivity index (χ4v) is 5.14. The van der Waals surface area contributed by atoms with Crippen molar-refractivity contribution in [2.24, 2.45) is 0 Å². The summed E-state index contributed by atoms with van der Waals surface area (Å²) >= 11 is 15.7.